The standard InChI is InChI=1S/C48H47F3N2O5/c1-54-35-13-8-32(9-14-35)47(31-6-11-34(12-7-31)52-20-24-56-25-21-52)19-16-37-44-43(36-15-10-33(48(49,50)51)28-40(36)46(44)17-4-3-5-18-46)38-29-41(53-22-26-57-27-23-53)42(55-2)30-39(38)45(37)58-47/h6-16,19,28-30H,3-5,17-18,20-27H2,1-2H3. The molecule has 3 fully saturated rings. The third-order valence-electron chi connectivity index (χ3n) is 13.2. The number of alkyl halides is 3. The van der Waals surface area contributed by atoms with Gasteiger partial charge in [-0.3, -0.25) is 0 Å². The van der Waals surface area contributed by atoms with Gasteiger partial charge in [0.05, 0.1) is 51.9 Å². The van der Waals surface area contributed by atoms with Crippen molar-refractivity contribution in [1.82, 2.24) is 0 Å². The smallest absolute Gasteiger partial charge is 0.416 e. The van der Waals surface area contributed by atoms with E-state index in [-0.39, 0.29) is 0 Å². The van der Waals surface area contributed by atoms with Crippen molar-refractivity contribution < 1.29 is 36.9 Å². The molecule has 1 spiro atoms. The first kappa shape index (κ1) is 37.1. The van der Waals surface area contributed by atoms with Crippen LogP contribution in [-0.4, -0.2) is 66.8 Å². The molecule has 2 saturated heterocycles. The van der Waals surface area contributed by atoms with E-state index in [4.69, 9.17) is 23.7 Å². The Kier molecular flexibility index (Phi) is 9.13. The summed E-state index contributed by atoms with van der Waals surface area (Å²) in [5.74, 6) is 2.14. The Balaban J connectivity index is 1.25. The number of anilines is 2. The Morgan fingerprint density at radius 1 is 0.690 bits per heavy atom. The third-order valence-corrected chi connectivity index (χ3v) is 13.2. The van der Waals surface area contributed by atoms with Gasteiger partial charge in [-0.1, -0.05) is 55.7 Å². The molecule has 0 bridgehead atoms. The van der Waals surface area contributed by atoms with E-state index >= 15 is 0 Å². The number of morpholine rings is 2. The summed E-state index contributed by atoms with van der Waals surface area (Å²) in [6.45, 7) is 5.62. The number of benzene rings is 5. The van der Waals surface area contributed by atoms with Gasteiger partial charge in [0.1, 0.15) is 17.2 Å². The molecule has 3 heterocycles. The SMILES string of the molecule is COc1ccc(C2(c3ccc(N4CCOCC4)cc3)C=Cc3c4c(c5cc(N6CCOCC6)c(OC)cc5c3O2)-c2ccc(C(F)(F)F)cc2C42CCCCC2)cc1. The first-order valence-corrected chi connectivity index (χ1v) is 20.5. The molecular formula is C48H47F3N2O5. The van der Waals surface area contributed by atoms with Gasteiger partial charge in [0.15, 0.2) is 5.60 Å². The van der Waals surface area contributed by atoms with Crippen LogP contribution in [0, 0.1) is 0 Å². The number of nitrogens with zero attached hydrogens (tertiary/aromatic N) is 2. The lowest BCUT2D eigenvalue weighted by molar-refractivity contribution is -0.137. The lowest BCUT2D eigenvalue weighted by Crippen LogP contribution is -2.37. The van der Waals surface area contributed by atoms with Crippen molar-refractivity contribution >= 4 is 28.2 Å². The molecular weight excluding hydrogens is 742 g/mol. The highest BCUT2D eigenvalue weighted by Crippen LogP contribution is 2.63. The van der Waals surface area contributed by atoms with Crippen LogP contribution in [0.4, 0.5) is 24.5 Å². The monoisotopic (exact) mass is 788 g/mol. The molecule has 5 aromatic carbocycles. The minimum Gasteiger partial charge on any atom is -0.497 e. The number of halogens is 3. The Morgan fingerprint density at radius 2 is 1.34 bits per heavy atom. The minimum absolute atomic E-state index is 0.596. The van der Waals surface area contributed by atoms with E-state index in [1.807, 2.05) is 24.3 Å². The number of hydrogen-bond donors (Lipinski definition) is 0. The van der Waals surface area contributed by atoms with Crippen LogP contribution in [0.15, 0.2) is 84.9 Å². The van der Waals surface area contributed by atoms with Gasteiger partial charge in [-0.25, -0.2) is 0 Å². The molecule has 0 amide bonds. The highest BCUT2D eigenvalue weighted by atomic mass is 19.4. The Bertz CT molecular complexity index is 2390. The zero-order valence-corrected chi connectivity index (χ0v) is 32.9. The van der Waals surface area contributed by atoms with Crippen molar-refractivity contribution in [3.63, 3.8) is 0 Å². The molecule has 10 rings (SSSR count). The molecule has 7 nitrogen and oxygen atoms in total. The van der Waals surface area contributed by atoms with Crippen LogP contribution in [0.25, 0.3) is 28.0 Å². The number of hydrogen-bond acceptors (Lipinski definition) is 7. The fourth-order valence-electron chi connectivity index (χ4n) is 10.3. The average molecular weight is 789 g/mol. The molecule has 5 aliphatic rings. The van der Waals surface area contributed by atoms with Crippen molar-refractivity contribution in [3.05, 3.63) is 118 Å². The maximum absolute atomic E-state index is 14.5. The van der Waals surface area contributed by atoms with Crippen LogP contribution in [0.2, 0.25) is 0 Å². The van der Waals surface area contributed by atoms with Gasteiger partial charge in [0.25, 0.3) is 0 Å². The summed E-state index contributed by atoms with van der Waals surface area (Å²) in [6, 6.07) is 25.3. The zero-order valence-electron chi connectivity index (χ0n) is 32.9. The van der Waals surface area contributed by atoms with E-state index < -0.39 is 22.8 Å². The Hall–Kier alpha value is -5.19. The number of methoxy groups -OCH3 is 2. The Morgan fingerprint density at radius 3 is 1.98 bits per heavy atom. The summed E-state index contributed by atoms with van der Waals surface area (Å²) in [7, 11) is 3.35. The van der Waals surface area contributed by atoms with Gasteiger partial charge in [0, 0.05) is 59.4 Å². The van der Waals surface area contributed by atoms with Crippen molar-refractivity contribution in [1.29, 1.82) is 0 Å². The molecule has 5 aromatic rings. The molecule has 2 aliphatic carbocycles. The lowest BCUT2D eigenvalue weighted by atomic mass is 9.66. The van der Waals surface area contributed by atoms with Crippen molar-refractivity contribution in [2.75, 3.05) is 76.6 Å². The van der Waals surface area contributed by atoms with E-state index in [0.717, 1.165) is 112 Å². The molecule has 0 N–H and O–H groups in total. The van der Waals surface area contributed by atoms with Crippen LogP contribution in [0.5, 0.6) is 17.2 Å². The molecule has 3 aliphatic heterocycles. The third kappa shape index (κ3) is 5.85. The van der Waals surface area contributed by atoms with E-state index in [9.17, 15) is 13.2 Å². The van der Waals surface area contributed by atoms with Crippen LogP contribution in [0.1, 0.15) is 65.5 Å². The van der Waals surface area contributed by atoms with Gasteiger partial charge in [-0.15, -0.1) is 0 Å². The fraction of sp³-hybridized carbons (Fsp3) is 0.375. The maximum Gasteiger partial charge on any atom is 0.416 e. The molecule has 0 radical (unpaired) electrons. The second-order valence-corrected chi connectivity index (χ2v) is 16.1. The summed E-state index contributed by atoms with van der Waals surface area (Å²) in [5, 5.41) is 1.80. The van der Waals surface area contributed by atoms with Gasteiger partial charge in [0.2, 0.25) is 0 Å². The predicted octanol–water partition coefficient (Wildman–Crippen LogP) is 10.1. The molecule has 1 saturated carbocycles. The van der Waals surface area contributed by atoms with Crippen LogP contribution in [-0.2, 0) is 26.7 Å². The van der Waals surface area contributed by atoms with Crippen molar-refractivity contribution in [3.8, 4) is 28.4 Å². The molecule has 0 aromatic heterocycles. The minimum atomic E-state index is -4.46. The average Bonchev–Trinajstić information content (AvgIpc) is 3.54. The van der Waals surface area contributed by atoms with Crippen LogP contribution < -0.4 is 24.0 Å². The Labute approximate surface area is 336 Å². The highest BCUT2D eigenvalue weighted by Gasteiger charge is 2.50. The zero-order chi connectivity index (χ0) is 39.6. The van der Waals surface area contributed by atoms with Gasteiger partial charge in [-0.05, 0) is 95.1 Å². The van der Waals surface area contributed by atoms with E-state index in [2.05, 4.69) is 58.4 Å². The molecule has 1 atom stereocenters. The highest BCUT2D eigenvalue weighted by molar-refractivity contribution is 6.10. The molecule has 300 valence electrons. The number of rotatable bonds is 6. The summed E-state index contributed by atoms with van der Waals surface area (Å²) < 4.78 is 74.3. The molecule has 58 heavy (non-hydrogen) atoms. The van der Waals surface area contributed by atoms with Crippen LogP contribution in [0.3, 0.4) is 0 Å². The van der Waals surface area contributed by atoms with Gasteiger partial charge < -0.3 is 33.5 Å². The van der Waals surface area contributed by atoms with Gasteiger partial charge >= 0.3 is 6.18 Å². The summed E-state index contributed by atoms with van der Waals surface area (Å²) in [6.07, 6.45) is 4.31. The van der Waals surface area contributed by atoms with E-state index in [1.165, 1.54) is 12.1 Å². The fourth-order valence-corrected chi connectivity index (χ4v) is 10.3. The number of fused-ring (bicyclic) bond motifs is 10. The topological polar surface area (TPSA) is 52.6 Å². The van der Waals surface area contributed by atoms with E-state index in [0.29, 0.717) is 51.0 Å². The first-order chi connectivity index (χ1) is 28.2. The molecule has 1 unspecified atom stereocenters. The summed E-state index contributed by atoms with van der Waals surface area (Å²) in [4.78, 5) is 4.62. The largest absolute Gasteiger partial charge is 0.497 e. The van der Waals surface area contributed by atoms with Crippen molar-refractivity contribution in [2.45, 2.75) is 49.3 Å². The quantitative estimate of drug-likeness (QED) is 0.170. The second-order valence-electron chi connectivity index (χ2n) is 16.1. The maximum atomic E-state index is 14.5. The predicted molar refractivity (Wildman–Crippen MR) is 221 cm³/mol. The first-order valence-electron chi connectivity index (χ1n) is 20.5. The second kappa shape index (κ2) is 14.3. The lowest BCUT2D eigenvalue weighted by Gasteiger charge is -2.41. The van der Waals surface area contributed by atoms with E-state index in [1.54, 1.807) is 20.3 Å². The number of ether oxygens (including phenoxy) is 5. The molecule has 10 heteroatoms. The van der Waals surface area contributed by atoms with Crippen LogP contribution >= 0.6 is 0 Å². The summed E-state index contributed by atoms with van der Waals surface area (Å²) in [5.41, 5.74) is 6.31. The van der Waals surface area contributed by atoms with Crippen molar-refractivity contribution in [2.24, 2.45) is 0 Å². The van der Waals surface area contributed by atoms with Gasteiger partial charge in [-0.2, -0.15) is 13.2 Å². The summed E-state index contributed by atoms with van der Waals surface area (Å²) >= 11 is 0. The normalized spacial score (nSPS) is 21.1.